The van der Waals surface area contributed by atoms with Gasteiger partial charge in [0.05, 0.1) is 18.9 Å². The second-order valence-corrected chi connectivity index (χ2v) is 9.48. The number of anilines is 2. The predicted molar refractivity (Wildman–Crippen MR) is 96.8 cm³/mol. The molecule has 2 aliphatic rings. The van der Waals surface area contributed by atoms with Gasteiger partial charge >= 0.3 is 0 Å². The molecular weight excluding hydrogens is 344 g/mol. The SMILES string of the molecule is Cc1ccc(S(=O)(=O)N2CCc3ccc(N4CCOCC4)cc32)s1. The third kappa shape index (κ3) is 2.70. The third-order valence-electron chi connectivity index (χ3n) is 4.56. The van der Waals surface area contributed by atoms with E-state index in [-0.39, 0.29) is 0 Å². The van der Waals surface area contributed by atoms with Gasteiger partial charge in [-0.25, -0.2) is 8.42 Å². The van der Waals surface area contributed by atoms with Crippen LogP contribution in [0.3, 0.4) is 0 Å². The van der Waals surface area contributed by atoms with Crippen LogP contribution in [-0.2, 0) is 21.2 Å². The maximum atomic E-state index is 13.0. The second-order valence-electron chi connectivity index (χ2n) is 6.10. The van der Waals surface area contributed by atoms with Crippen LogP contribution in [-0.4, -0.2) is 41.3 Å². The predicted octanol–water partition coefficient (Wildman–Crippen LogP) is 2.64. The number of sulfonamides is 1. The molecule has 2 aromatic rings. The zero-order valence-corrected chi connectivity index (χ0v) is 15.2. The lowest BCUT2D eigenvalue weighted by Crippen LogP contribution is -2.36. The van der Waals surface area contributed by atoms with E-state index in [1.54, 1.807) is 10.4 Å². The Kier molecular flexibility index (Phi) is 4.02. The Labute approximate surface area is 146 Å². The summed E-state index contributed by atoms with van der Waals surface area (Å²) in [5.74, 6) is 0. The van der Waals surface area contributed by atoms with Crippen LogP contribution in [0.25, 0.3) is 0 Å². The van der Waals surface area contributed by atoms with Crippen LogP contribution in [0, 0.1) is 6.92 Å². The summed E-state index contributed by atoms with van der Waals surface area (Å²) < 4.78 is 33.4. The molecule has 5 nitrogen and oxygen atoms in total. The zero-order valence-electron chi connectivity index (χ0n) is 13.6. The van der Waals surface area contributed by atoms with Crippen molar-refractivity contribution in [3.05, 3.63) is 40.8 Å². The highest BCUT2D eigenvalue weighted by molar-refractivity contribution is 7.94. The van der Waals surface area contributed by atoms with Crippen molar-refractivity contribution in [1.82, 2.24) is 0 Å². The standard InChI is InChI=1S/C17H20N2O3S2/c1-13-2-5-17(23-13)24(20,21)19-7-6-14-3-4-15(12-16(14)19)18-8-10-22-11-9-18/h2-5,12H,6-11H2,1H3. The summed E-state index contributed by atoms with van der Waals surface area (Å²) in [7, 11) is -3.47. The van der Waals surface area contributed by atoms with Gasteiger partial charge in [-0.3, -0.25) is 4.31 Å². The van der Waals surface area contributed by atoms with Crippen molar-refractivity contribution < 1.29 is 13.2 Å². The summed E-state index contributed by atoms with van der Waals surface area (Å²) in [6.07, 6.45) is 0.766. The molecule has 3 heterocycles. The van der Waals surface area contributed by atoms with E-state index in [0.29, 0.717) is 24.0 Å². The summed E-state index contributed by atoms with van der Waals surface area (Å²) in [5, 5.41) is 0. The van der Waals surface area contributed by atoms with Crippen LogP contribution >= 0.6 is 11.3 Å². The number of nitrogens with zero attached hydrogens (tertiary/aromatic N) is 2. The van der Waals surface area contributed by atoms with Crippen LogP contribution in [0.5, 0.6) is 0 Å². The molecule has 24 heavy (non-hydrogen) atoms. The van der Waals surface area contributed by atoms with Gasteiger partial charge in [0.2, 0.25) is 0 Å². The van der Waals surface area contributed by atoms with Crippen LogP contribution in [0.15, 0.2) is 34.5 Å². The molecule has 0 radical (unpaired) electrons. The molecule has 2 aliphatic heterocycles. The molecule has 0 atom stereocenters. The van der Waals surface area contributed by atoms with E-state index in [1.807, 2.05) is 19.1 Å². The Bertz CT molecular complexity index is 854. The molecule has 1 fully saturated rings. The molecule has 7 heteroatoms. The summed E-state index contributed by atoms with van der Waals surface area (Å²) in [4.78, 5) is 3.26. The number of benzene rings is 1. The molecule has 0 saturated carbocycles. The Morgan fingerprint density at radius 1 is 1.08 bits per heavy atom. The van der Waals surface area contributed by atoms with Crippen molar-refractivity contribution in [2.45, 2.75) is 17.6 Å². The maximum Gasteiger partial charge on any atom is 0.273 e. The van der Waals surface area contributed by atoms with Crippen LogP contribution in [0.1, 0.15) is 10.4 Å². The van der Waals surface area contributed by atoms with Gasteiger partial charge in [0.15, 0.2) is 0 Å². The van der Waals surface area contributed by atoms with E-state index in [2.05, 4.69) is 17.0 Å². The zero-order chi connectivity index (χ0) is 16.7. The minimum Gasteiger partial charge on any atom is -0.378 e. The molecular formula is C17H20N2O3S2. The van der Waals surface area contributed by atoms with Crippen molar-refractivity contribution in [2.24, 2.45) is 0 Å². The van der Waals surface area contributed by atoms with E-state index in [1.165, 1.54) is 11.3 Å². The number of morpholine rings is 1. The Hall–Kier alpha value is -1.57. The van der Waals surface area contributed by atoms with Crippen molar-refractivity contribution in [2.75, 3.05) is 42.1 Å². The minimum atomic E-state index is -3.47. The fourth-order valence-corrected chi connectivity index (χ4v) is 6.16. The largest absolute Gasteiger partial charge is 0.378 e. The first kappa shape index (κ1) is 15.9. The van der Waals surface area contributed by atoms with Gasteiger partial charge in [-0.2, -0.15) is 0 Å². The monoisotopic (exact) mass is 364 g/mol. The molecule has 1 saturated heterocycles. The summed E-state index contributed by atoms with van der Waals surface area (Å²) >= 11 is 1.33. The highest BCUT2D eigenvalue weighted by Crippen LogP contribution is 2.37. The smallest absolute Gasteiger partial charge is 0.273 e. The Morgan fingerprint density at radius 2 is 1.88 bits per heavy atom. The van der Waals surface area contributed by atoms with Crippen molar-refractivity contribution in [1.29, 1.82) is 0 Å². The molecule has 0 spiro atoms. The molecule has 1 aromatic carbocycles. The topological polar surface area (TPSA) is 49.9 Å². The molecule has 0 aliphatic carbocycles. The first-order valence-electron chi connectivity index (χ1n) is 8.10. The van der Waals surface area contributed by atoms with Gasteiger partial charge in [-0.15, -0.1) is 11.3 Å². The lowest BCUT2D eigenvalue weighted by atomic mass is 10.1. The van der Waals surface area contributed by atoms with E-state index in [0.717, 1.165) is 41.3 Å². The molecule has 128 valence electrons. The first-order chi connectivity index (χ1) is 11.6. The molecule has 0 unspecified atom stereocenters. The van der Waals surface area contributed by atoms with Gasteiger partial charge < -0.3 is 9.64 Å². The summed E-state index contributed by atoms with van der Waals surface area (Å²) in [6.45, 7) is 5.56. The molecule has 0 bridgehead atoms. The van der Waals surface area contributed by atoms with Crippen molar-refractivity contribution in [3.63, 3.8) is 0 Å². The summed E-state index contributed by atoms with van der Waals surface area (Å²) in [6, 6.07) is 9.74. The van der Waals surface area contributed by atoms with E-state index in [4.69, 9.17) is 4.74 Å². The number of rotatable bonds is 3. The molecule has 0 amide bonds. The average Bonchev–Trinajstić information content (AvgIpc) is 3.22. The Morgan fingerprint density at radius 3 is 2.58 bits per heavy atom. The van der Waals surface area contributed by atoms with Crippen LogP contribution < -0.4 is 9.21 Å². The van der Waals surface area contributed by atoms with Gasteiger partial charge in [-0.05, 0) is 43.2 Å². The van der Waals surface area contributed by atoms with Crippen molar-refractivity contribution in [3.8, 4) is 0 Å². The highest BCUT2D eigenvalue weighted by atomic mass is 32.2. The van der Waals surface area contributed by atoms with Crippen molar-refractivity contribution >= 4 is 32.7 Å². The second kappa shape index (κ2) is 6.06. The van der Waals surface area contributed by atoms with Gasteiger partial charge in [0.25, 0.3) is 10.0 Å². The normalized spacial score (nSPS) is 18.0. The number of aryl methyl sites for hydroxylation is 1. The quantitative estimate of drug-likeness (QED) is 0.840. The van der Waals surface area contributed by atoms with Crippen LogP contribution in [0.2, 0.25) is 0 Å². The number of hydrogen-bond acceptors (Lipinski definition) is 5. The summed E-state index contributed by atoms with van der Waals surface area (Å²) in [5.41, 5.74) is 3.00. The highest BCUT2D eigenvalue weighted by Gasteiger charge is 2.32. The average molecular weight is 364 g/mol. The lowest BCUT2D eigenvalue weighted by molar-refractivity contribution is 0.122. The fraction of sp³-hybridized carbons (Fsp3) is 0.412. The number of ether oxygens (including phenoxy) is 1. The van der Waals surface area contributed by atoms with E-state index >= 15 is 0 Å². The van der Waals surface area contributed by atoms with Gasteiger partial charge in [0, 0.05) is 30.2 Å². The molecule has 1 aromatic heterocycles. The minimum absolute atomic E-state index is 0.421. The van der Waals surface area contributed by atoms with Gasteiger partial charge in [-0.1, -0.05) is 6.07 Å². The number of thiophene rings is 1. The third-order valence-corrected chi connectivity index (χ3v) is 7.84. The van der Waals surface area contributed by atoms with E-state index in [9.17, 15) is 8.42 Å². The lowest BCUT2D eigenvalue weighted by Gasteiger charge is -2.29. The van der Waals surface area contributed by atoms with Crippen LogP contribution in [0.4, 0.5) is 11.4 Å². The number of fused-ring (bicyclic) bond motifs is 1. The molecule has 4 rings (SSSR count). The molecule has 0 N–H and O–H groups in total. The fourth-order valence-electron chi connectivity index (χ4n) is 3.27. The maximum absolute atomic E-state index is 13.0. The van der Waals surface area contributed by atoms with Gasteiger partial charge in [0.1, 0.15) is 4.21 Å². The first-order valence-corrected chi connectivity index (χ1v) is 10.4. The Balaban J connectivity index is 1.70. The number of hydrogen-bond donors (Lipinski definition) is 0. The van der Waals surface area contributed by atoms with E-state index < -0.39 is 10.0 Å².